The molecular formula is C29H37FN2O3. The van der Waals surface area contributed by atoms with Crippen molar-refractivity contribution in [2.75, 3.05) is 19.6 Å². The van der Waals surface area contributed by atoms with Crippen LogP contribution in [0.25, 0.3) is 0 Å². The molecule has 2 aromatic carbocycles. The number of hydrogen-bond donors (Lipinski definition) is 0. The first-order valence-corrected chi connectivity index (χ1v) is 12.6. The first-order chi connectivity index (χ1) is 16.6. The van der Waals surface area contributed by atoms with Gasteiger partial charge >= 0.3 is 6.09 Å². The fourth-order valence-electron chi connectivity index (χ4n) is 5.32. The number of benzene rings is 2. The van der Waals surface area contributed by atoms with E-state index in [1.54, 1.807) is 11.8 Å². The van der Waals surface area contributed by atoms with Crippen LogP contribution >= 0.6 is 0 Å². The van der Waals surface area contributed by atoms with Crippen LogP contribution in [0.5, 0.6) is 0 Å². The van der Waals surface area contributed by atoms with Gasteiger partial charge in [-0.1, -0.05) is 42.5 Å². The van der Waals surface area contributed by atoms with E-state index < -0.39 is 5.60 Å². The Morgan fingerprint density at radius 3 is 2.26 bits per heavy atom. The number of carbonyl (C=O) groups excluding carboxylic acids is 2. The Hall–Kier alpha value is -2.89. The molecule has 1 heterocycles. The van der Waals surface area contributed by atoms with Crippen LogP contribution in [0.15, 0.2) is 54.6 Å². The number of halogens is 1. The van der Waals surface area contributed by atoms with Crippen molar-refractivity contribution in [3.63, 3.8) is 0 Å². The lowest BCUT2D eigenvalue weighted by Crippen LogP contribution is -2.51. The number of rotatable bonds is 6. The quantitative estimate of drug-likeness (QED) is 0.526. The zero-order valence-corrected chi connectivity index (χ0v) is 21.3. The molecule has 188 valence electrons. The molecule has 1 aliphatic heterocycles. The van der Waals surface area contributed by atoms with Crippen LogP contribution in [-0.4, -0.2) is 53.1 Å². The van der Waals surface area contributed by atoms with Crippen molar-refractivity contribution in [1.82, 2.24) is 9.80 Å². The molecule has 5 nitrogen and oxygen atoms in total. The summed E-state index contributed by atoms with van der Waals surface area (Å²) in [6.45, 7) is 9.06. The summed E-state index contributed by atoms with van der Waals surface area (Å²) in [5.74, 6) is 0.197. The van der Waals surface area contributed by atoms with Crippen LogP contribution in [0.4, 0.5) is 9.18 Å². The molecule has 2 amide bonds. The van der Waals surface area contributed by atoms with Gasteiger partial charge in [0.25, 0.3) is 0 Å². The Bertz CT molecular complexity index is 1020. The summed E-state index contributed by atoms with van der Waals surface area (Å²) in [7, 11) is 0. The van der Waals surface area contributed by atoms with Crippen molar-refractivity contribution < 1.29 is 18.7 Å². The monoisotopic (exact) mass is 480 g/mol. The predicted molar refractivity (Wildman–Crippen MR) is 135 cm³/mol. The second kappa shape index (κ2) is 10.00. The highest BCUT2D eigenvalue weighted by molar-refractivity contribution is 5.74. The van der Waals surface area contributed by atoms with E-state index >= 15 is 0 Å². The number of amides is 2. The van der Waals surface area contributed by atoms with Crippen molar-refractivity contribution in [3.05, 3.63) is 71.5 Å². The lowest BCUT2D eigenvalue weighted by Gasteiger charge is -2.45. The normalized spacial score (nSPS) is 21.3. The molecule has 1 aliphatic carbocycles. The van der Waals surface area contributed by atoms with Gasteiger partial charge in [0.2, 0.25) is 5.91 Å². The minimum absolute atomic E-state index is 0.0847. The minimum Gasteiger partial charge on any atom is -0.444 e. The highest BCUT2D eigenvalue weighted by Crippen LogP contribution is 2.47. The average Bonchev–Trinajstić information content (AvgIpc) is 3.59. The van der Waals surface area contributed by atoms with Gasteiger partial charge in [-0.05, 0) is 75.1 Å². The number of hydrogen-bond acceptors (Lipinski definition) is 3. The van der Waals surface area contributed by atoms with Crippen LogP contribution in [0.1, 0.15) is 64.0 Å². The van der Waals surface area contributed by atoms with E-state index in [-0.39, 0.29) is 29.3 Å². The molecule has 2 aromatic rings. The Labute approximate surface area is 208 Å². The maximum absolute atomic E-state index is 13.6. The van der Waals surface area contributed by atoms with Gasteiger partial charge in [-0.15, -0.1) is 0 Å². The van der Waals surface area contributed by atoms with E-state index in [1.807, 2.05) is 56.0 Å². The molecule has 1 unspecified atom stereocenters. The lowest BCUT2D eigenvalue weighted by molar-refractivity contribution is -0.132. The molecule has 0 aromatic heterocycles. The summed E-state index contributed by atoms with van der Waals surface area (Å²) in [6.07, 6.45) is 2.94. The van der Waals surface area contributed by atoms with Gasteiger partial charge in [-0.25, -0.2) is 9.18 Å². The third-order valence-corrected chi connectivity index (χ3v) is 7.26. The third kappa shape index (κ3) is 6.41. The number of piperidine rings is 1. The van der Waals surface area contributed by atoms with Gasteiger partial charge in [0, 0.05) is 38.5 Å². The average molecular weight is 481 g/mol. The van der Waals surface area contributed by atoms with Crippen LogP contribution in [0, 0.1) is 11.2 Å². The molecule has 6 heteroatoms. The first-order valence-electron chi connectivity index (χ1n) is 12.6. The van der Waals surface area contributed by atoms with E-state index in [2.05, 4.69) is 12.1 Å². The fourth-order valence-corrected chi connectivity index (χ4v) is 5.32. The summed E-state index contributed by atoms with van der Waals surface area (Å²) in [6, 6.07) is 17.2. The Morgan fingerprint density at radius 2 is 1.69 bits per heavy atom. The van der Waals surface area contributed by atoms with Crippen molar-refractivity contribution in [1.29, 1.82) is 0 Å². The van der Waals surface area contributed by atoms with Crippen LogP contribution in [0.2, 0.25) is 0 Å². The molecule has 1 saturated heterocycles. The lowest BCUT2D eigenvalue weighted by atomic mass is 9.73. The molecule has 4 rings (SSSR count). The Balaban J connectivity index is 1.52. The maximum Gasteiger partial charge on any atom is 0.410 e. The van der Waals surface area contributed by atoms with E-state index in [4.69, 9.17) is 4.74 Å². The van der Waals surface area contributed by atoms with Gasteiger partial charge in [-0.3, -0.25) is 4.79 Å². The molecule has 35 heavy (non-hydrogen) atoms. The summed E-state index contributed by atoms with van der Waals surface area (Å²) < 4.78 is 19.1. The molecule has 2 fully saturated rings. The molecule has 2 atom stereocenters. The third-order valence-electron chi connectivity index (χ3n) is 7.26. The van der Waals surface area contributed by atoms with Gasteiger partial charge < -0.3 is 14.5 Å². The maximum atomic E-state index is 13.6. The fraction of sp³-hybridized carbons (Fsp3) is 0.517. The number of ether oxygens (including phenoxy) is 1. The molecule has 0 bridgehead atoms. The van der Waals surface area contributed by atoms with Crippen LogP contribution < -0.4 is 0 Å². The SMILES string of the molecule is CC(=O)N(CC1(Cc2ccc(F)cc2)CCN(C(=O)OC(C)(C)C)CC1)[C@@H]1CC1c1ccccc1. The van der Waals surface area contributed by atoms with E-state index in [9.17, 15) is 14.0 Å². The Kier molecular flexibility index (Phi) is 7.20. The second-order valence-electron chi connectivity index (χ2n) is 11.2. The molecule has 2 aliphatic rings. The van der Waals surface area contributed by atoms with E-state index in [1.165, 1.54) is 17.7 Å². The Morgan fingerprint density at radius 1 is 1.06 bits per heavy atom. The molecule has 0 N–H and O–H groups in total. The number of nitrogens with zero attached hydrogens (tertiary/aromatic N) is 2. The summed E-state index contributed by atoms with van der Waals surface area (Å²) in [4.78, 5) is 29.3. The summed E-state index contributed by atoms with van der Waals surface area (Å²) in [5.41, 5.74) is 1.60. The van der Waals surface area contributed by atoms with Gasteiger partial charge in [0.1, 0.15) is 11.4 Å². The number of likely N-dealkylation sites (tertiary alicyclic amines) is 1. The zero-order valence-electron chi connectivity index (χ0n) is 21.3. The predicted octanol–water partition coefficient (Wildman–Crippen LogP) is 5.79. The summed E-state index contributed by atoms with van der Waals surface area (Å²) >= 11 is 0. The smallest absolute Gasteiger partial charge is 0.410 e. The summed E-state index contributed by atoms with van der Waals surface area (Å²) in [5, 5.41) is 0. The molecule has 0 spiro atoms. The highest BCUT2D eigenvalue weighted by Gasteiger charge is 2.47. The van der Waals surface area contributed by atoms with Crippen LogP contribution in [0.3, 0.4) is 0 Å². The van der Waals surface area contributed by atoms with Gasteiger partial charge in [-0.2, -0.15) is 0 Å². The van der Waals surface area contributed by atoms with Crippen molar-refractivity contribution in [3.8, 4) is 0 Å². The zero-order chi connectivity index (χ0) is 25.2. The number of carbonyl (C=O) groups is 2. The van der Waals surface area contributed by atoms with Gasteiger partial charge in [0.15, 0.2) is 0 Å². The molecule has 1 saturated carbocycles. The second-order valence-corrected chi connectivity index (χ2v) is 11.2. The van der Waals surface area contributed by atoms with E-state index in [0.29, 0.717) is 25.6 Å². The topological polar surface area (TPSA) is 49.9 Å². The minimum atomic E-state index is -0.538. The highest BCUT2D eigenvalue weighted by atomic mass is 19.1. The van der Waals surface area contributed by atoms with E-state index in [0.717, 1.165) is 31.2 Å². The van der Waals surface area contributed by atoms with Crippen molar-refractivity contribution >= 4 is 12.0 Å². The standard InChI is InChI=1S/C29H37FN2O3/c1-21(33)32(26-18-25(26)23-8-6-5-7-9-23)20-29(19-22-10-12-24(30)13-11-22)14-16-31(17-15-29)27(34)35-28(2,3)4/h5-13,25-26H,14-20H2,1-4H3/t25?,26-/m1/s1. The molecular weight excluding hydrogens is 443 g/mol. The first kappa shape index (κ1) is 25.2. The van der Waals surface area contributed by atoms with Crippen LogP contribution in [-0.2, 0) is 16.0 Å². The van der Waals surface area contributed by atoms with Crippen molar-refractivity contribution in [2.24, 2.45) is 5.41 Å². The molecule has 0 radical (unpaired) electrons. The van der Waals surface area contributed by atoms with Gasteiger partial charge in [0.05, 0.1) is 0 Å². The largest absolute Gasteiger partial charge is 0.444 e. The van der Waals surface area contributed by atoms with Crippen molar-refractivity contribution in [2.45, 2.75) is 70.9 Å².